The lowest BCUT2D eigenvalue weighted by Gasteiger charge is -2.42. The smallest absolute Gasteiger partial charge is 0.117 e. The Hall–Kier alpha value is -2.39. The summed E-state index contributed by atoms with van der Waals surface area (Å²) in [5.74, 6) is 0. The highest BCUT2D eigenvalue weighted by Crippen LogP contribution is 2.33. The van der Waals surface area contributed by atoms with Crippen LogP contribution >= 0.6 is 0 Å². The Kier molecular flexibility index (Phi) is 5.84. The van der Waals surface area contributed by atoms with Crippen LogP contribution in [-0.4, -0.2) is 67.6 Å². The largest absolute Gasteiger partial charge is 0.394 e. The molecule has 5 N–H and O–H groups in total. The lowest BCUT2D eigenvalue weighted by Crippen LogP contribution is -2.59. The van der Waals surface area contributed by atoms with Crippen LogP contribution in [0, 0.1) is 6.92 Å². The Bertz CT molecular complexity index is 1040. The highest BCUT2D eigenvalue weighted by atomic mass is 16.6. The Morgan fingerprint density at radius 2 is 1.67 bits per heavy atom. The second-order valence-electron chi connectivity index (χ2n) is 7.75. The second kappa shape index (κ2) is 8.39. The molecule has 3 aromatic rings. The zero-order chi connectivity index (χ0) is 21.4. The number of hydrogen-bond acceptors (Lipinski definition) is 7. The van der Waals surface area contributed by atoms with Crippen LogP contribution in [0.15, 0.2) is 54.9 Å². The van der Waals surface area contributed by atoms with Crippen molar-refractivity contribution in [1.82, 2.24) is 4.98 Å². The van der Waals surface area contributed by atoms with Crippen molar-refractivity contribution in [3.8, 4) is 11.1 Å². The van der Waals surface area contributed by atoms with E-state index in [1.54, 1.807) is 12.3 Å². The van der Waals surface area contributed by atoms with E-state index in [4.69, 9.17) is 4.74 Å². The van der Waals surface area contributed by atoms with Crippen molar-refractivity contribution < 1.29 is 30.3 Å². The minimum absolute atomic E-state index is 0.533. The molecule has 1 aromatic heterocycles. The molecule has 0 spiro atoms. The van der Waals surface area contributed by atoms with Gasteiger partial charge >= 0.3 is 0 Å². The summed E-state index contributed by atoms with van der Waals surface area (Å²) in [6.45, 7) is 1.30. The summed E-state index contributed by atoms with van der Waals surface area (Å²) >= 11 is 0. The first-order valence-corrected chi connectivity index (χ1v) is 9.84. The van der Waals surface area contributed by atoms with E-state index in [0.29, 0.717) is 5.56 Å². The number of hydrogen-bond donors (Lipinski definition) is 5. The minimum Gasteiger partial charge on any atom is -0.394 e. The first-order valence-electron chi connectivity index (χ1n) is 9.84. The maximum absolute atomic E-state index is 10.8. The van der Waals surface area contributed by atoms with Gasteiger partial charge < -0.3 is 30.3 Å². The Labute approximate surface area is 173 Å². The van der Waals surface area contributed by atoms with Crippen molar-refractivity contribution in [3.05, 3.63) is 66.0 Å². The highest BCUT2D eigenvalue weighted by Gasteiger charge is 2.46. The van der Waals surface area contributed by atoms with Crippen molar-refractivity contribution in [2.75, 3.05) is 6.61 Å². The van der Waals surface area contributed by atoms with Crippen molar-refractivity contribution in [1.29, 1.82) is 0 Å². The number of aryl methyl sites for hydroxylation is 1. The zero-order valence-corrected chi connectivity index (χ0v) is 16.5. The van der Waals surface area contributed by atoms with Crippen LogP contribution in [0.3, 0.4) is 0 Å². The summed E-state index contributed by atoms with van der Waals surface area (Å²) in [4.78, 5) is 4.16. The molecule has 2 aromatic carbocycles. The van der Waals surface area contributed by atoms with Crippen LogP contribution in [0.25, 0.3) is 21.9 Å². The fraction of sp³-hybridized carbons (Fsp3) is 0.348. The summed E-state index contributed by atoms with van der Waals surface area (Å²) < 4.78 is 5.50. The molecule has 0 amide bonds. The van der Waals surface area contributed by atoms with Crippen LogP contribution in [-0.2, 0) is 4.74 Å². The van der Waals surface area contributed by atoms with Gasteiger partial charge in [-0.3, -0.25) is 4.98 Å². The van der Waals surface area contributed by atoms with Gasteiger partial charge in [0.05, 0.1) is 6.61 Å². The maximum Gasteiger partial charge on any atom is 0.117 e. The fourth-order valence-corrected chi connectivity index (χ4v) is 4.02. The second-order valence-corrected chi connectivity index (χ2v) is 7.75. The number of benzene rings is 2. The first kappa shape index (κ1) is 20.9. The summed E-state index contributed by atoms with van der Waals surface area (Å²) in [7, 11) is 0. The van der Waals surface area contributed by atoms with Crippen molar-refractivity contribution in [2.24, 2.45) is 0 Å². The predicted molar refractivity (Wildman–Crippen MR) is 111 cm³/mol. The fourth-order valence-electron chi connectivity index (χ4n) is 4.02. The third-order valence-corrected chi connectivity index (χ3v) is 5.80. The number of rotatable bonds is 4. The molecule has 0 saturated carbocycles. The quantitative estimate of drug-likeness (QED) is 0.435. The van der Waals surface area contributed by atoms with E-state index in [9.17, 15) is 25.5 Å². The third kappa shape index (κ3) is 3.72. The summed E-state index contributed by atoms with van der Waals surface area (Å²) in [5.41, 5.74) is 3.28. The van der Waals surface area contributed by atoms with E-state index in [1.807, 2.05) is 49.5 Å². The highest BCUT2D eigenvalue weighted by molar-refractivity contribution is 5.86. The van der Waals surface area contributed by atoms with Crippen LogP contribution < -0.4 is 0 Å². The molecule has 2 unspecified atom stereocenters. The standard InChI is InChI=1S/C23H25NO6/c1-12-8-14(15-3-2-13-6-7-24-10-16(13)9-15)4-5-17(12)19(26)23-22(29)21(28)20(27)18(11-25)30-23/h2-10,18-23,25-29H,11H2,1H3/t18?,19-,20-,21+,22?,23-/m1/s1. The van der Waals surface area contributed by atoms with Gasteiger partial charge in [0.25, 0.3) is 0 Å². The van der Waals surface area contributed by atoms with Crippen LogP contribution in [0.5, 0.6) is 0 Å². The first-order chi connectivity index (χ1) is 14.4. The Balaban J connectivity index is 1.62. The molecule has 158 valence electrons. The van der Waals surface area contributed by atoms with E-state index in [2.05, 4.69) is 4.98 Å². The van der Waals surface area contributed by atoms with Gasteiger partial charge in [0, 0.05) is 17.8 Å². The third-order valence-electron chi connectivity index (χ3n) is 5.80. The average Bonchev–Trinajstić information content (AvgIpc) is 2.77. The normalized spacial score (nSPS) is 27.9. The van der Waals surface area contributed by atoms with E-state index < -0.39 is 43.2 Å². The van der Waals surface area contributed by atoms with Crippen molar-refractivity contribution >= 4 is 10.8 Å². The molecule has 1 saturated heterocycles. The molecule has 0 radical (unpaired) electrons. The van der Waals surface area contributed by atoms with E-state index in [1.165, 1.54) is 0 Å². The maximum atomic E-state index is 10.8. The van der Waals surface area contributed by atoms with Gasteiger partial charge in [0.2, 0.25) is 0 Å². The molecule has 0 aliphatic carbocycles. The van der Waals surface area contributed by atoms with Gasteiger partial charge in [0.1, 0.15) is 36.6 Å². The molecule has 1 aliphatic heterocycles. The van der Waals surface area contributed by atoms with Gasteiger partial charge in [-0.25, -0.2) is 0 Å². The molecule has 30 heavy (non-hydrogen) atoms. The van der Waals surface area contributed by atoms with E-state index in [-0.39, 0.29) is 0 Å². The van der Waals surface area contributed by atoms with E-state index in [0.717, 1.165) is 27.5 Å². The number of aromatic nitrogens is 1. The van der Waals surface area contributed by atoms with Gasteiger partial charge in [0.15, 0.2) is 0 Å². The molecular formula is C23H25NO6. The molecule has 7 nitrogen and oxygen atoms in total. The van der Waals surface area contributed by atoms with Gasteiger partial charge in [-0.1, -0.05) is 30.3 Å². The number of aliphatic hydroxyl groups is 5. The molecule has 0 bridgehead atoms. The number of aliphatic hydroxyl groups excluding tert-OH is 5. The predicted octanol–water partition coefficient (Wildman–Crippen LogP) is 1.09. The summed E-state index contributed by atoms with van der Waals surface area (Å²) in [6.07, 6.45) is -4.41. The molecule has 4 rings (SSSR count). The molecule has 7 heteroatoms. The molecule has 6 atom stereocenters. The zero-order valence-electron chi connectivity index (χ0n) is 16.5. The lowest BCUT2D eigenvalue weighted by molar-refractivity contribution is -0.250. The Morgan fingerprint density at radius 3 is 2.40 bits per heavy atom. The van der Waals surface area contributed by atoms with E-state index >= 15 is 0 Å². The van der Waals surface area contributed by atoms with Crippen LogP contribution in [0.2, 0.25) is 0 Å². The van der Waals surface area contributed by atoms with Crippen LogP contribution in [0.4, 0.5) is 0 Å². The number of pyridine rings is 1. The SMILES string of the molecule is Cc1cc(-c2ccc3ccncc3c2)ccc1[C@@H](O)[C@H]1OC(CO)[C@@H](O)[C@H](O)C1O. The van der Waals surface area contributed by atoms with Crippen molar-refractivity contribution in [3.63, 3.8) is 0 Å². The van der Waals surface area contributed by atoms with Crippen LogP contribution in [0.1, 0.15) is 17.2 Å². The topological polar surface area (TPSA) is 123 Å². The number of fused-ring (bicyclic) bond motifs is 1. The summed E-state index contributed by atoms with van der Waals surface area (Å²) in [5, 5.41) is 52.6. The van der Waals surface area contributed by atoms with Gasteiger partial charge in [-0.05, 0) is 46.7 Å². The van der Waals surface area contributed by atoms with Gasteiger partial charge in [-0.15, -0.1) is 0 Å². The average molecular weight is 411 g/mol. The lowest BCUT2D eigenvalue weighted by atomic mass is 9.87. The number of ether oxygens (including phenoxy) is 1. The van der Waals surface area contributed by atoms with Gasteiger partial charge in [-0.2, -0.15) is 0 Å². The Morgan fingerprint density at radius 1 is 0.933 bits per heavy atom. The molecule has 1 fully saturated rings. The van der Waals surface area contributed by atoms with Crippen molar-refractivity contribution in [2.45, 2.75) is 43.5 Å². The minimum atomic E-state index is -1.53. The number of nitrogens with zero attached hydrogens (tertiary/aromatic N) is 1. The monoisotopic (exact) mass is 411 g/mol. The molecule has 1 aliphatic rings. The molecular weight excluding hydrogens is 386 g/mol. The summed E-state index contributed by atoms with van der Waals surface area (Å²) in [6, 6.07) is 13.6. The molecule has 2 heterocycles.